The number of rotatable bonds is 6. The molecule has 0 unspecified atom stereocenters. The molecule has 0 spiro atoms. The summed E-state index contributed by atoms with van der Waals surface area (Å²) in [5.74, 6) is 0.00380. The highest BCUT2D eigenvalue weighted by atomic mass is 16.2. The van der Waals surface area contributed by atoms with Gasteiger partial charge in [-0.3, -0.25) is 9.48 Å². The average Bonchev–Trinajstić information content (AvgIpc) is 2.52. The van der Waals surface area contributed by atoms with Crippen LogP contribution in [0.5, 0.6) is 0 Å². The van der Waals surface area contributed by atoms with E-state index in [1.54, 1.807) is 4.68 Å². The predicted molar refractivity (Wildman–Crippen MR) is 63.3 cm³/mol. The van der Waals surface area contributed by atoms with E-state index >= 15 is 0 Å². The number of carbonyl (C=O) groups excluding carboxylic acids is 1. The zero-order valence-corrected chi connectivity index (χ0v) is 10.2. The van der Waals surface area contributed by atoms with E-state index in [1.165, 1.54) is 0 Å². The first-order valence-corrected chi connectivity index (χ1v) is 5.62. The molecule has 5 nitrogen and oxygen atoms in total. The lowest BCUT2D eigenvalue weighted by Gasteiger charge is -2.06. The van der Waals surface area contributed by atoms with Gasteiger partial charge in [-0.2, -0.15) is 5.10 Å². The van der Waals surface area contributed by atoms with Crippen molar-refractivity contribution >= 4 is 5.91 Å². The van der Waals surface area contributed by atoms with Gasteiger partial charge < -0.3 is 10.6 Å². The Morgan fingerprint density at radius 1 is 1.44 bits per heavy atom. The Hall–Kier alpha value is -1.36. The zero-order chi connectivity index (χ0) is 12.0. The van der Waals surface area contributed by atoms with Crippen LogP contribution < -0.4 is 10.6 Å². The van der Waals surface area contributed by atoms with Crippen LogP contribution in [0.1, 0.15) is 18.3 Å². The molecule has 0 fully saturated rings. The molecule has 0 saturated heterocycles. The number of likely N-dealkylation sites (N-methyl/N-ethyl adjacent to an activating group) is 1. The number of hydrogen-bond acceptors (Lipinski definition) is 3. The molecule has 0 atom stereocenters. The van der Waals surface area contributed by atoms with Gasteiger partial charge in [-0.15, -0.1) is 0 Å². The second-order valence-electron chi connectivity index (χ2n) is 3.79. The third-order valence-electron chi connectivity index (χ3n) is 2.27. The number of nitrogens with one attached hydrogen (secondary N) is 2. The molecule has 16 heavy (non-hydrogen) atoms. The minimum absolute atomic E-state index is 0.00380. The summed E-state index contributed by atoms with van der Waals surface area (Å²) in [6, 6.07) is 1.96. The fraction of sp³-hybridized carbons (Fsp3) is 0.636. The third kappa shape index (κ3) is 4.02. The van der Waals surface area contributed by atoms with Crippen molar-refractivity contribution in [2.24, 2.45) is 0 Å². The molecule has 0 aliphatic heterocycles. The smallest absolute Gasteiger partial charge is 0.241 e. The van der Waals surface area contributed by atoms with Crippen molar-refractivity contribution < 1.29 is 4.79 Å². The maximum absolute atomic E-state index is 11.5. The zero-order valence-electron chi connectivity index (χ0n) is 10.2. The minimum Gasteiger partial charge on any atom is -0.353 e. The van der Waals surface area contributed by atoms with Crippen molar-refractivity contribution in [2.75, 3.05) is 19.6 Å². The van der Waals surface area contributed by atoms with Gasteiger partial charge in [-0.05, 0) is 26.5 Å². The summed E-state index contributed by atoms with van der Waals surface area (Å²) in [5, 5.41) is 10.2. The molecule has 0 aliphatic carbocycles. The van der Waals surface area contributed by atoms with Crippen LogP contribution in [0.2, 0.25) is 0 Å². The number of amides is 1. The van der Waals surface area contributed by atoms with Gasteiger partial charge in [0, 0.05) is 18.8 Å². The number of nitrogens with zero attached hydrogens (tertiary/aromatic N) is 2. The van der Waals surface area contributed by atoms with E-state index in [0.29, 0.717) is 13.1 Å². The van der Waals surface area contributed by atoms with Crippen molar-refractivity contribution in [3.05, 3.63) is 17.5 Å². The Bertz CT molecular complexity index is 346. The molecule has 1 aromatic rings. The summed E-state index contributed by atoms with van der Waals surface area (Å²) in [6.07, 6.45) is 0. The van der Waals surface area contributed by atoms with Crippen LogP contribution in [0.25, 0.3) is 0 Å². The van der Waals surface area contributed by atoms with E-state index in [0.717, 1.165) is 24.5 Å². The lowest BCUT2D eigenvalue weighted by molar-refractivity contribution is -0.121. The summed E-state index contributed by atoms with van der Waals surface area (Å²) >= 11 is 0. The van der Waals surface area contributed by atoms with Crippen LogP contribution in [0, 0.1) is 13.8 Å². The standard InChI is InChI=1S/C11H20N4O/c1-4-12-5-6-13-11(16)8-15-10(3)7-9(2)14-15/h7,12H,4-6,8H2,1-3H3,(H,13,16). The van der Waals surface area contributed by atoms with Gasteiger partial charge in [0.05, 0.1) is 5.69 Å². The Labute approximate surface area is 96.2 Å². The summed E-state index contributed by atoms with van der Waals surface area (Å²) in [6.45, 7) is 8.60. The van der Waals surface area contributed by atoms with Crippen molar-refractivity contribution in [1.29, 1.82) is 0 Å². The summed E-state index contributed by atoms with van der Waals surface area (Å²) in [4.78, 5) is 11.5. The lowest BCUT2D eigenvalue weighted by Crippen LogP contribution is -2.34. The summed E-state index contributed by atoms with van der Waals surface area (Å²) in [7, 11) is 0. The number of carbonyl (C=O) groups is 1. The average molecular weight is 224 g/mol. The van der Waals surface area contributed by atoms with Crippen LogP contribution in [-0.4, -0.2) is 35.3 Å². The first-order valence-electron chi connectivity index (χ1n) is 5.62. The van der Waals surface area contributed by atoms with Gasteiger partial charge in [0.25, 0.3) is 0 Å². The summed E-state index contributed by atoms with van der Waals surface area (Å²) in [5.41, 5.74) is 1.96. The quantitative estimate of drug-likeness (QED) is 0.680. The Morgan fingerprint density at radius 2 is 2.19 bits per heavy atom. The molecular weight excluding hydrogens is 204 g/mol. The maximum Gasteiger partial charge on any atom is 0.241 e. The van der Waals surface area contributed by atoms with Crippen molar-refractivity contribution in [3.8, 4) is 0 Å². The van der Waals surface area contributed by atoms with Crippen molar-refractivity contribution in [2.45, 2.75) is 27.3 Å². The number of aryl methyl sites for hydroxylation is 2. The second kappa shape index (κ2) is 6.27. The highest BCUT2D eigenvalue weighted by Gasteiger charge is 2.05. The van der Waals surface area contributed by atoms with E-state index in [2.05, 4.69) is 15.7 Å². The maximum atomic E-state index is 11.5. The molecule has 0 aromatic carbocycles. The van der Waals surface area contributed by atoms with Gasteiger partial charge in [-0.1, -0.05) is 6.92 Å². The molecule has 0 radical (unpaired) electrons. The van der Waals surface area contributed by atoms with Crippen LogP contribution in [0.4, 0.5) is 0 Å². The van der Waals surface area contributed by atoms with Crippen LogP contribution in [0.15, 0.2) is 6.07 Å². The predicted octanol–water partition coefficient (Wildman–Crippen LogP) is 0.226. The molecule has 0 bridgehead atoms. The molecule has 2 N–H and O–H groups in total. The SMILES string of the molecule is CCNCCNC(=O)Cn1nc(C)cc1C. The molecule has 1 heterocycles. The molecule has 1 rings (SSSR count). The van der Waals surface area contributed by atoms with E-state index in [1.807, 2.05) is 26.8 Å². The third-order valence-corrected chi connectivity index (χ3v) is 2.27. The Morgan fingerprint density at radius 3 is 2.75 bits per heavy atom. The highest BCUT2D eigenvalue weighted by Crippen LogP contribution is 2.00. The van der Waals surface area contributed by atoms with Gasteiger partial charge in [0.15, 0.2) is 0 Å². The minimum atomic E-state index is 0.00380. The van der Waals surface area contributed by atoms with Gasteiger partial charge in [0.1, 0.15) is 6.54 Å². The normalized spacial score (nSPS) is 10.4. The largest absolute Gasteiger partial charge is 0.353 e. The van der Waals surface area contributed by atoms with E-state index in [-0.39, 0.29) is 5.91 Å². The molecule has 0 saturated carbocycles. The topological polar surface area (TPSA) is 58.9 Å². The van der Waals surface area contributed by atoms with Gasteiger partial charge in [-0.25, -0.2) is 0 Å². The van der Waals surface area contributed by atoms with Crippen LogP contribution in [-0.2, 0) is 11.3 Å². The van der Waals surface area contributed by atoms with Crippen LogP contribution >= 0.6 is 0 Å². The first-order chi connectivity index (χ1) is 7.63. The monoisotopic (exact) mass is 224 g/mol. The summed E-state index contributed by atoms with van der Waals surface area (Å²) < 4.78 is 1.72. The molecule has 1 amide bonds. The van der Waals surface area contributed by atoms with Gasteiger partial charge >= 0.3 is 0 Å². The fourth-order valence-electron chi connectivity index (χ4n) is 1.49. The Balaban J connectivity index is 2.31. The molecular formula is C11H20N4O. The molecule has 5 heteroatoms. The van der Waals surface area contributed by atoms with E-state index in [9.17, 15) is 4.79 Å². The van der Waals surface area contributed by atoms with Crippen molar-refractivity contribution in [1.82, 2.24) is 20.4 Å². The second-order valence-corrected chi connectivity index (χ2v) is 3.79. The first kappa shape index (κ1) is 12.7. The Kier molecular flexibility index (Phi) is 4.98. The van der Waals surface area contributed by atoms with E-state index < -0.39 is 0 Å². The molecule has 1 aromatic heterocycles. The molecule has 0 aliphatic rings. The van der Waals surface area contributed by atoms with Gasteiger partial charge in [0.2, 0.25) is 5.91 Å². The fourth-order valence-corrected chi connectivity index (χ4v) is 1.49. The molecule has 90 valence electrons. The number of aromatic nitrogens is 2. The van der Waals surface area contributed by atoms with Crippen molar-refractivity contribution in [3.63, 3.8) is 0 Å². The highest BCUT2D eigenvalue weighted by molar-refractivity contribution is 5.75. The number of hydrogen-bond donors (Lipinski definition) is 2. The van der Waals surface area contributed by atoms with Crippen LogP contribution in [0.3, 0.4) is 0 Å². The van der Waals surface area contributed by atoms with E-state index in [4.69, 9.17) is 0 Å². The lowest BCUT2D eigenvalue weighted by atomic mass is 10.4.